The average molecular weight is 402 g/mol. The van der Waals surface area contributed by atoms with E-state index < -0.39 is 38.3 Å². The van der Waals surface area contributed by atoms with E-state index in [2.05, 4.69) is 20.7 Å². The lowest BCUT2D eigenvalue weighted by molar-refractivity contribution is -0.0645. The predicted molar refractivity (Wildman–Crippen MR) is 82.0 cm³/mol. The maximum Gasteiger partial charge on any atom is 0.243 e. The molecule has 1 fully saturated rings. The number of halogens is 3. The number of hydrogen-bond acceptors (Lipinski definition) is 4. The highest BCUT2D eigenvalue weighted by atomic mass is 79.9. The van der Waals surface area contributed by atoms with Crippen molar-refractivity contribution in [1.82, 2.24) is 4.72 Å². The Bertz CT molecular complexity index is 696. The van der Waals surface area contributed by atoms with Gasteiger partial charge < -0.3 is 10.8 Å². The molecule has 0 aromatic heterocycles. The number of nitrogen functional groups attached to an aromatic ring is 1. The number of benzene rings is 1. The molecule has 1 aromatic rings. The monoisotopic (exact) mass is 400 g/mol. The molecule has 21 heavy (non-hydrogen) atoms. The Kier molecular flexibility index (Phi) is 4.31. The lowest BCUT2D eigenvalue weighted by Gasteiger charge is -2.49. The molecule has 0 radical (unpaired) electrons. The van der Waals surface area contributed by atoms with Crippen LogP contribution in [0.15, 0.2) is 15.4 Å². The van der Waals surface area contributed by atoms with Crippen LogP contribution in [-0.4, -0.2) is 25.7 Å². The zero-order valence-electron chi connectivity index (χ0n) is 11.3. The number of nitrogens with two attached hydrogens (primary N) is 1. The zero-order valence-corrected chi connectivity index (χ0v) is 14.5. The first-order chi connectivity index (χ1) is 9.48. The molecule has 1 aromatic carbocycles. The Morgan fingerprint density at radius 1 is 1.57 bits per heavy atom. The Morgan fingerprint density at radius 2 is 2.14 bits per heavy atom. The van der Waals surface area contributed by atoms with Crippen LogP contribution in [0.2, 0.25) is 5.02 Å². The maximum atomic E-state index is 14.1. The molecule has 0 bridgehead atoms. The second kappa shape index (κ2) is 5.34. The third-order valence-corrected chi connectivity index (χ3v) is 6.81. The fraction of sp³-hybridized carbons (Fsp3) is 0.500. The van der Waals surface area contributed by atoms with Gasteiger partial charge in [0, 0.05) is 11.5 Å². The fourth-order valence-corrected chi connectivity index (χ4v) is 4.23. The molecule has 0 amide bonds. The van der Waals surface area contributed by atoms with E-state index in [0.717, 1.165) is 6.07 Å². The molecular formula is C12H15BrClFN2O3S. The van der Waals surface area contributed by atoms with Gasteiger partial charge in [-0.3, -0.25) is 0 Å². The number of aliphatic hydroxyl groups is 1. The van der Waals surface area contributed by atoms with E-state index in [-0.39, 0.29) is 21.6 Å². The molecule has 4 N–H and O–H groups in total. The summed E-state index contributed by atoms with van der Waals surface area (Å²) in [5.74, 6) is -1.06. The highest BCUT2D eigenvalue weighted by Gasteiger charge is 2.49. The lowest BCUT2D eigenvalue weighted by atomic mass is 9.65. The third-order valence-electron chi connectivity index (χ3n) is 3.96. The van der Waals surface area contributed by atoms with Crippen molar-refractivity contribution in [2.75, 3.05) is 5.73 Å². The first-order valence-electron chi connectivity index (χ1n) is 6.12. The van der Waals surface area contributed by atoms with Crippen molar-refractivity contribution in [3.8, 4) is 0 Å². The molecule has 2 rings (SSSR count). The smallest absolute Gasteiger partial charge is 0.243 e. The second-order valence-electron chi connectivity index (χ2n) is 5.64. The summed E-state index contributed by atoms with van der Waals surface area (Å²) in [5.41, 5.74) is 4.51. The highest BCUT2D eigenvalue weighted by molar-refractivity contribution is 9.10. The summed E-state index contributed by atoms with van der Waals surface area (Å²) in [6, 6.07) is 0.516. The quantitative estimate of drug-likeness (QED) is 0.535. The van der Waals surface area contributed by atoms with Crippen LogP contribution < -0.4 is 10.5 Å². The van der Waals surface area contributed by atoms with Crippen molar-refractivity contribution in [3.63, 3.8) is 0 Å². The molecule has 9 heteroatoms. The van der Waals surface area contributed by atoms with Gasteiger partial charge in [0.25, 0.3) is 0 Å². The molecule has 0 spiro atoms. The minimum atomic E-state index is -4.13. The van der Waals surface area contributed by atoms with Crippen LogP contribution in [0.1, 0.15) is 20.3 Å². The molecule has 0 heterocycles. The maximum absolute atomic E-state index is 14.1. The number of hydrogen-bond donors (Lipinski definition) is 3. The summed E-state index contributed by atoms with van der Waals surface area (Å²) in [6.07, 6.45) is -0.332. The van der Waals surface area contributed by atoms with E-state index in [1.165, 1.54) is 0 Å². The first-order valence-corrected chi connectivity index (χ1v) is 8.77. The highest BCUT2D eigenvalue weighted by Crippen LogP contribution is 2.42. The fourth-order valence-electron chi connectivity index (χ4n) is 2.15. The van der Waals surface area contributed by atoms with E-state index in [1.807, 2.05) is 0 Å². The largest absolute Gasteiger partial charge is 0.395 e. The van der Waals surface area contributed by atoms with Crippen molar-refractivity contribution in [1.29, 1.82) is 0 Å². The minimum absolute atomic E-state index is 0.00202. The van der Waals surface area contributed by atoms with Crippen molar-refractivity contribution in [2.45, 2.75) is 37.3 Å². The SMILES string of the molecule is CC1(C)C(O)CC1NS(=O)(=O)c1cc(Cl)c(Br)c(N)c1F. The molecule has 0 saturated heterocycles. The third kappa shape index (κ3) is 2.79. The average Bonchev–Trinajstić information content (AvgIpc) is 2.39. The van der Waals surface area contributed by atoms with Crippen LogP contribution in [0.4, 0.5) is 10.1 Å². The summed E-state index contributed by atoms with van der Waals surface area (Å²) in [7, 11) is -4.13. The Balaban J connectivity index is 2.38. The van der Waals surface area contributed by atoms with Crippen LogP contribution in [0.25, 0.3) is 0 Å². The molecule has 1 saturated carbocycles. The number of sulfonamides is 1. The normalized spacial score (nSPS) is 24.7. The van der Waals surface area contributed by atoms with Crippen molar-refractivity contribution < 1.29 is 17.9 Å². The van der Waals surface area contributed by atoms with E-state index in [1.54, 1.807) is 13.8 Å². The second-order valence-corrected chi connectivity index (χ2v) is 8.53. The van der Waals surface area contributed by atoms with Gasteiger partial charge >= 0.3 is 0 Å². The molecule has 118 valence electrons. The van der Waals surface area contributed by atoms with E-state index >= 15 is 0 Å². The van der Waals surface area contributed by atoms with Crippen molar-refractivity contribution >= 4 is 43.2 Å². The van der Waals surface area contributed by atoms with Crippen molar-refractivity contribution in [3.05, 3.63) is 21.4 Å². The standard InChI is InChI=1S/C12H15BrClFN2O3S/c1-12(2)7(4-8(12)18)17-21(19,20)6-3-5(14)9(13)11(16)10(6)15/h3,7-8,17-18H,4,16H2,1-2H3. The Hall–Kier alpha value is -0.410. The van der Waals surface area contributed by atoms with Gasteiger partial charge in [-0.15, -0.1) is 0 Å². The molecule has 2 atom stereocenters. The summed E-state index contributed by atoms with van der Waals surface area (Å²) in [4.78, 5) is -0.606. The number of rotatable bonds is 3. The van der Waals surface area contributed by atoms with E-state index in [9.17, 15) is 17.9 Å². The first kappa shape index (κ1) is 17.0. The minimum Gasteiger partial charge on any atom is -0.395 e. The summed E-state index contributed by atoms with van der Waals surface area (Å²) < 4.78 is 41.2. The van der Waals surface area contributed by atoms with Crippen LogP contribution in [0, 0.1) is 11.2 Å². The summed E-state index contributed by atoms with van der Waals surface area (Å²) in [6.45, 7) is 3.46. The van der Waals surface area contributed by atoms with Crippen LogP contribution in [-0.2, 0) is 10.0 Å². The summed E-state index contributed by atoms with van der Waals surface area (Å²) in [5, 5.41) is 9.64. The molecule has 2 unspecified atom stereocenters. The number of anilines is 1. The Labute approximate surface area is 135 Å². The van der Waals surface area contributed by atoms with Gasteiger partial charge in [0.05, 0.1) is 21.3 Å². The van der Waals surface area contributed by atoms with Gasteiger partial charge in [0.2, 0.25) is 10.0 Å². The van der Waals surface area contributed by atoms with Gasteiger partial charge in [-0.2, -0.15) is 0 Å². The van der Waals surface area contributed by atoms with Gasteiger partial charge in [-0.25, -0.2) is 17.5 Å². The van der Waals surface area contributed by atoms with Gasteiger partial charge in [0.15, 0.2) is 5.82 Å². The zero-order chi connectivity index (χ0) is 16.2. The van der Waals surface area contributed by atoms with Crippen molar-refractivity contribution in [2.24, 2.45) is 5.41 Å². The lowest BCUT2D eigenvalue weighted by Crippen LogP contribution is -2.61. The topological polar surface area (TPSA) is 92.4 Å². The molecular weight excluding hydrogens is 387 g/mol. The predicted octanol–water partition coefficient (Wildman–Crippen LogP) is 2.26. The molecule has 5 nitrogen and oxygen atoms in total. The van der Waals surface area contributed by atoms with E-state index in [4.69, 9.17) is 17.3 Å². The molecule has 1 aliphatic rings. The van der Waals surface area contributed by atoms with Gasteiger partial charge in [-0.1, -0.05) is 25.4 Å². The van der Waals surface area contributed by atoms with Gasteiger partial charge in [0.1, 0.15) is 4.90 Å². The molecule has 0 aliphatic heterocycles. The summed E-state index contributed by atoms with van der Waals surface area (Å²) >= 11 is 8.82. The van der Waals surface area contributed by atoms with Crippen LogP contribution in [0.5, 0.6) is 0 Å². The van der Waals surface area contributed by atoms with Crippen LogP contribution >= 0.6 is 27.5 Å². The van der Waals surface area contributed by atoms with Gasteiger partial charge in [-0.05, 0) is 28.4 Å². The molecule has 1 aliphatic carbocycles. The number of aliphatic hydroxyl groups excluding tert-OH is 1. The van der Waals surface area contributed by atoms with E-state index in [0.29, 0.717) is 0 Å². The number of nitrogens with one attached hydrogen (secondary N) is 1. The van der Waals surface area contributed by atoms with Crippen LogP contribution in [0.3, 0.4) is 0 Å². The Morgan fingerprint density at radius 3 is 2.62 bits per heavy atom.